The monoisotopic (exact) mass is 490 g/mol. The number of hydrogen-bond acceptors (Lipinski definition) is 6. The van der Waals surface area contributed by atoms with Gasteiger partial charge in [-0.2, -0.15) is 0 Å². The van der Waals surface area contributed by atoms with Crippen molar-refractivity contribution in [1.82, 2.24) is 9.55 Å². The van der Waals surface area contributed by atoms with Crippen molar-refractivity contribution in [3.05, 3.63) is 89.5 Å². The van der Waals surface area contributed by atoms with E-state index >= 15 is 0 Å². The number of esters is 1. The molecule has 0 aliphatic carbocycles. The molecule has 0 aliphatic heterocycles. The summed E-state index contributed by atoms with van der Waals surface area (Å²) in [5.74, 6) is -1.17. The fourth-order valence-corrected chi connectivity index (χ4v) is 3.93. The zero-order valence-electron chi connectivity index (χ0n) is 20.1. The Kier molecular flexibility index (Phi) is 7.92. The highest BCUT2D eigenvalue weighted by atomic mass is 19.1. The highest BCUT2D eigenvalue weighted by Gasteiger charge is 2.26. The van der Waals surface area contributed by atoms with Gasteiger partial charge in [0.25, 0.3) is 0 Å². The van der Waals surface area contributed by atoms with Crippen molar-refractivity contribution in [3.8, 4) is 0 Å². The molecule has 2 N–H and O–H groups in total. The van der Waals surface area contributed by atoms with Crippen LogP contribution in [0.25, 0.3) is 11.0 Å². The number of nitrogens with one attached hydrogen (secondary N) is 2. The summed E-state index contributed by atoms with van der Waals surface area (Å²) in [6.45, 7) is 1.11. The fourth-order valence-electron chi connectivity index (χ4n) is 3.93. The lowest BCUT2D eigenvalue weighted by Crippen LogP contribution is -2.19. The Morgan fingerprint density at radius 1 is 1.03 bits per heavy atom. The number of rotatable bonds is 10. The van der Waals surface area contributed by atoms with Gasteiger partial charge in [-0.15, -0.1) is 0 Å². The van der Waals surface area contributed by atoms with E-state index in [2.05, 4.69) is 15.6 Å². The second kappa shape index (κ2) is 11.5. The van der Waals surface area contributed by atoms with Crippen LogP contribution < -0.4 is 10.6 Å². The third-order valence-electron chi connectivity index (χ3n) is 5.68. The zero-order chi connectivity index (χ0) is 25.5. The molecule has 0 bridgehead atoms. The summed E-state index contributed by atoms with van der Waals surface area (Å²) in [7, 11) is 2.86. The molecule has 4 aromatic rings. The standard InChI is InChI=1S/C27H27FN4O4/c1-35-13-12-32-25(27(34)36-2)24(31-23(33)14-18-6-4-3-5-7-18)22-15-21(17-30-26(22)32)29-16-19-8-10-20(28)11-9-19/h3-11,15,17,29H,12-14,16H2,1-2H3,(H,31,33). The summed E-state index contributed by atoms with van der Waals surface area (Å²) in [5, 5.41) is 6.75. The summed E-state index contributed by atoms with van der Waals surface area (Å²) in [6.07, 6.45) is 1.79. The Hall–Kier alpha value is -4.24. The number of methoxy groups -OCH3 is 2. The van der Waals surface area contributed by atoms with Gasteiger partial charge in [0.2, 0.25) is 5.91 Å². The Morgan fingerprint density at radius 2 is 1.78 bits per heavy atom. The van der Waals surface area contributed by atoms with Gasteiger partial charge >= 0.3 is 5.97 Å². The molecule has 4 rings (SSSR count). The number of carbonyl (C=O) groups excluding carboxylic acids is 2. The number of amides is 1. The van der Waals surface area contributed by atoms with Crippen molar-refractivity contribution in [2.24, 2.45) is 0 Å². The molecule has 9 heteroatoms. The van der Waals surface area contributed by atoms with Gasteiger partial charge < -0.3 is 24.7 Å². The number of aromatic nitrogens is 2. The van der Waals surface area contributed by atoms with E-state index in [4.69, 9.17) is 9.47 Å². The van der Waals surface area contributed by atoms with E-state index in [1.807, 2.05) is 36.4 Å². The SMILES string of the molecule is COCCn1c(C(=O)OC)c(NC(=O)Cc2ccccc2)c2cc(NCc3ccc(F)cc3)cnc21. The van der Waals surface area contributed by atoms with Gasteiger partial charge in [-0.25, -0.2) is 14.2 Å². The van der Waals surface area contributed by atoms with Crippen LogP contribution in [-0.4, -0.2) is 42.3 Å². The predicted octanol–water partition coefficient (Wildman–Crippen LogP) is 4.40. The minimum Gasteiger partial charge on any atom is -0.464 e. The number of benzene rings is 2. The lowest BCUT2D eigenvalue weighted by molar-refractivity contribution is -0.115. The Morgan fingerprint density at radius 3 is 2.47 bits per heavy atom. The Labute approximate surface area is 208 Å². The first-order chi connectivity index (χ1) is 17.5. The summed E-state index contributed by atoms with van der Waals surface area (Å²) >= 11 is 0. The van der Waals surface area contributed by atoms with Crippen LogP contribution in [0.1, 0.15) is 21.6 Å². The predicted molar refractivity (Wildman–Crippen MR) is 135 cm³/mol. The second-order valence-electron chi connectivity index (χ2n) is 8.15. The number of anilines is 2. The van der Waals surface area contributed by atoms with Gasteiger partial charge in [-0.05, 0) is 29.3 Å². The smallest absolute Gasteiger partial charge is 0.356 e. The number of ether oxygens (including phenoxy) is 2. The molecule has 186 valence electrons. The molecule has 0 atom stereocenters. The molecule has 0 unspecified atom stereocenters. The molecular formula is C27H27FN4O4. The lowest BCUT2D eigenvalue weighted by Gasteiger charge is -2.10. The van der Waals surface area contributed by atoms with Gasteiger partial charge in [-0.3, -0.25) is 4.79 Å². The van der Waals surface area contributed by atoms with Crippen LogP contribution in [0.5, 0.6) is 0 Å². The molecule has 2 aromatic carbocycles. The van der Waals surface area contributed by atoms with Crippen molar-refractivity contribution in [2.45, 2.75) is 19.5 Å². The average molecular weight is 491 g/mol. The number of hydrogen-bond donors (Lipinski definition) is 2. The summed E-state index contributed by atoms with van der Waals surface area (Å²) < 4.78 is 25.2. The fraction of sp³-hybridized carbons (Fsp3) is 0.222. The van der Waals surface area contributed by atoms with Gasteiger partial charge in [0.15, 0.2) is 5.69 Å². The van der Waals surface area contributed by atoms with Crippen LogP contribution in [0.3, 0.4) is 0 Å². The summed E-state index contributed by atoms with van der Waals surface area (Å²) in [5.41, 5.74) is 3.43. The quantitative estimate of drug-likeness (QED) is 0.320. The molecule has 0 saturated heterocycles. The van der Waals surface area contributed by atoms with E-state index in [0.717, 1.165) is 11.1 Å². The Balaban J connectivity index is 1.71. The summed E-state index contributed by atoms with van der Waals surface area (Å²) in [4.78, 5) is 30.4. The highest BCUT2D eigenvalue weighted by Crippen LogP contribution is 2.33. The van der Waals surface area contributed by atoms with Gasteiger partial charge in [0.1, 0.15) is 11.5 Å². The van der Waals surface area contributed by atoms with Crippen molar-refractivity contribution in [2.75, 3.05) is 31.5 Å². The maximum atomic E-state index is 13.2. The van der Waals surface area contributed by atoms with Gasteiger partial charge in [0.05, 0.1) is 37.7 Å². The van der Waals surface area contributed by atoms with E-state index in [1.54, 1.807) is 30.0 Å². The summed E-state index contributed by atoms with van der Waals surface area (Å²) in [6, 6.07) is 17.3. The molecule has 0 aliphatic rings. The second-order valence-corrected chi connectivity index (χ2v) is 8.15. The van der Waals surface area contributed by atoms with E-state index < -0.39 is 5.97 Å². The minimum absolute atomic E-state index is 0.141. The number of nitrogens with zero attached hydrogens (tertiary/aromatic N) is 2. The van der Waals surface area contributed by atoms with E-state index in [0.29, 0.717) is 42.1 Å². The van der Waals surface area contributed by atoms with Crippen LogP contribution in [0.15, 0.2) is 66.9 Å². The number of halogens is 1. The normalized spacial score (nSPS) is 10.9. The largest absolute Gasteiger partial charge is 0.464 e. The van der Waals surface area contributed by atoms with Crippen LogP contribution in [0.4, 0.5) is 15.8 Å². The molecular weight excluding hydrogens is 463 g/mol. The molecule has 36 heavy (non-hydrogen) atoms. The third-order valence-corrected chi connectivity index (χ3v) is 5.68. The van der Waals surface area contributed by atoms with Crippen molar-refractivity contribution < 1.29 is 23.5 Å². The van der Waals surface area contributed by atoms with Gasteiger partial charge in [-0.1, -0.05) is 42.5 Å². The third kappa shape index (κ3) is 5.69. The van der Waals surface area contributed by atoms with E-state index in [1.165, 1.54) is 19.2 Å². The molecule has 8 nitrogen and oxygen atoms in total. The van der Waals surface area contributed by atoms with Crippen LogP contribution in [-0.2, 0) is 33.8 Å². The van der Waals surface area contributed by atoms with E-state index in [9.17, 15) is 14.0 Å². The van der Waals surface area contributed by atoms with Crippen LogP contribution >= 0.6 is 0 Å². The topological polar surface area (TPSA) is 94.5 Å². The first kappa shape index (κ1) is 24.9. The first-order valence-electron chi connectivity index (χ1n) is 11.4. The molecule has 0 saturated carbocycles. The molecule has 2 heterocycles. The maximum Gasteiger partial charge on any atom is 0.356 e. The molecule has 0 fully saturated rings. The molecule has 0 spiro atoms. The van der Waals surface area contributed by atoms with Crippen molar-refractivity contribution in [3.63, 3.8) is 0 Å². The average Bonchev–Trinajstić information content (AvgIpc) is 3.19. The highest BCUT2D eigenvalue weighted by molar-refractivity contribution is 6.11. The van der Waals surface area contributed by atoms with Crippen LogP contribution in [0, 0.1) is 5.82 Å². The molecule has 0 radical (unpaired) electrons. The number of carbonyl (C=O) groups is 2. The first-order valence-corrected chi connectivity index (χ1v) is 11.4. The zero-order valence-corrected chi connectivity index (χ0v) is 20.1. The van der Waals surface area contributed by atoms with Crippen molar-refractivity contribution in [1.29, 1.82) is 0 Å². The Bertz CT molecular complexity index is 1350. The minimum atomic E-state index is -0.597. The lowest BCUT2D eigenvalue weighted by atomic mass is 10.1. The molecule has 2 aromatic heterocycles. The number of fused-ring (bicyclic) bond motifs is 1. The molecule has 1 amide bonds. The maximum absolute atomic E-state index is 13.2. The van der Waals surface area contributed by atoms with E-state index in [-0.39, 0.29) is 23.8 Å². The number of pyridine rings is 1. The van der Waals surface area contributed by atoms with Crippen molar-refractivity contribution >= 4 is 34.3 Å². The van der Waals surface area contributed by atoms with Gasteiger partial charge in [0, 0.05) is 25.6 Å². The van der Waals surface area contributed by atoms with Crippen LogP contribution in [0.2, 0.25) is 0 Å².